The van der Waals surface area contributed by atoms with Gasteiger partial charge in [-0.25, -0.2) is 4.98 Å². The van der Waals surface area contributed by atoms with E-state index in [1.165, 1.54) is 0 Å². The first-order valence-electron chi connectivity index (χ1n) is 5.49. The first-order valence-corrected chi connectivity index (χ1v) is 5.87. The Kier molecular flexibility index (Phi) is 2.40. The molecule has 2 unspecified atom stereocenters. The number of aromatic nitrogens is 1. The first-order chi connectivity index (χ1) is 8.09. The summed E-state index contributed by atoms with van der Waals surface area (Å²) in [5.74, 6) is 0.625. The minimum Gasteiger partial charge on any atom is -0.440 e. The van der Waals surface area contributed by atoms with Gasteiger partial charge in [-0.15, -0.1) is 0 Å². The molecule has 5 heteroatoms. The third-order valence-corrected chi connectivity index (χ3v) is 3.59. The Morgan fingerprint density at radius 2 is 2.35 bits per heavy atom. The molecule has 4 nitrogen and oxygen atoms in total. The maximum Gasteiger partial charge on any atom is 0.205 e. The topological polar surface area (TPSA) is 61.3 Å². The summed E-state index contributed by atoms with van der Waals surface area (Å²) in [6.45, 7) is 3.09. The lowest BCUT2D eigenvalue weighted by Crippen LogP contribution is -2.42. The van der Waals surface area contributed by atoms with Gasteiger partial charge in [0.2, 0.25) is 5.89 Å². The third kappa shape index (κ3) is 1.64. The molecule has 0 amide bonds. The Morgan fingerprint density at radius 3 is 3.06 bits per heavy atom. The van der Waals surface area contributed by atoms with Gasteiger partial charge in [-0.2, -0.15) is 0 Å². The Balaban J connectivity index is 2.12. The minimum absolute atomic E-state index is 0.0916. The van der Waals surface area contributed by atoms with Crippen LogP contribution in [0.25, 0.3) is 11.1 Å². The van der Waals surface area contributed by atoms with E-state index in [1.807, 2.05) is 13.0 Å². The molecule has 0 aliphatic carbocycles. The zero-order chi connectivity index (χ0) is 12.0. The molecule has 3 rings (SSSR count). The van der Waals surface area contributed by atoms with E-state index in [0.29, 0.717) is 24.1 Å². The molecule has 0 radical (unpaired) electrons. The number of hydrogen-bond donors (Lipinski definition) is 1. The average Bonchev–Trinajstić information content (AvgIpc) is 2.84. The predicted octanol–water partition coefficient (Wildman–Crippen LogP) is 2.10. The molecule has 1 saturated heterocycles. The van der Waals surface area contributed by atoms with Gasteiger partial charge in [0, 0.05) is 11.1 Å². The van der Waals surface area contributed by atoms with Crippen LogP contribution in [0, 0.1) is 0 Å². The molecule has 17 heavy (non-hydrogen) atoms. The number of nitrogens with two attached hydrogens (primary N) is 1. The summed E-state index contributed by atoms with van der Waals surface area (Å²) < 4.78 is 11.1. The molecule has 1 fully saturated rings. The van der Waals surface area contributed by atoms with Crippen molar-refractivity contribution < 1.29 is 9.15 Å². The van der Waals surface area contributed by atoms with Gasteiger partial charge >= 0.3 is 0 Å². The summed E-state index contributed by atoms with van der Waals surface area (Å²) in [6, 6.07) is 5.30. The van der Waals surface area contributed by atoms with E-state index in [1.54, 1.807) is 12.1 Å². The molecule has 0 spiro atoms. The molecule has 1 aliphatic heterocycles. The van der Waals surface area contributed by atoms with E-state index in [-0.39, 0.29) is 11.5 Å². The zero-order valence-electron chi connectivity index (χ0n) is 9.44. The molecular weight excluding hydrogens is 240 g/mol. The van der Waals surface area contributed by atoms with Crippen molar-refractivity contribution in [1.82, 2.24) is 4.98 Å². The highest BCUT2D eigenvalue weighted by Gasteiger charge is 2.43. The van der Waals surface area contributed by atoms with Crippen LogP contribution in [0.2, 0.25) is 5.02 Å². The standard InChI is InChI=1S/C12H13ClN2O2/c1-12(6-16-5-10(12)14)11-15-8-4-7(13)2-3-9(8)17-11/h2-4,10H,5-6,14H2,1H3. The Bertz CT molecular complexity index is 569. The summed E-state index contributed by atoms with van der Waals surface area (Å²) in [4.78, 5) is 4.47. The quantitative estimate of drug-likeness (QED) is 0.844. The monoisotopic (exact) mass is 252 g/mol. The highest BCUT2D eigenvalue weighted by Crippen LogP contribution is 2.33. The van der Waals surface area contributed by atoms with Crippen LogP contribution in [0.3, 0.4) is 0 Å². The van der Waals surface area contributed by atoms with E-state index >= 15 is 0 Å². The van der Waals surface area contributed by atoms with Crippen LogP contribution < -0.4 is 5.73 Å². The van der Waals surface area contributed by atoms with Gasteiger partial charge in [0.25, 0.3) is 0 Å². The van der Waals surface area contributed by atoms with Gasteiger partial charge in [0.1, 0.15) is 5.52 Å². The van der Waals surface area contributed by atoms with Crippen LogP contribution >= 0.6 is 11.6 Å². The molecule has 0 saturated carbocycles. The van der Waals surface area contributed by atoms with Crippen LogP contribution in [0.5, 0.6) is 0 Å². The lowest BCUT2D eigenvalue weighted by molar-refractivity contribution is 0.173. The smallest absolute Gasteiger partial charge is 0.205 e. The maximum absolute atomic E-state index is 6.05. The van der Waals surface area contributed by atoms with Crippen molar-refractivity contribution in [2.75, 3.05) is 13.2 Å². The van der Waals surface area contributed by atoms with Gasteiger partial charge in [-0.1, -0.05) is 11.6 Å². The second kappa shape index (κ2) is 3.70. The number of fused-ring (bicyclic) bond motifs is 1. The van der Waals surface area contributed by atoms with E-state index < -0.39 is 0 Å². The molecule has 1 aliphatic rings. The van der Waals surface area contributed by atoms with Crippen molar-refractivity contribution >= 4 is 22.7 Å². The fourth-order valence-corrected chi connectivity index (χ4v) is 2.22. The zero-order valence-corrected chi connectivity index (χ0v) is 10.2. The molecule has 2 heterocycles. The normalized spacial score (nSPS) is 29.0. The number of oxazole rings is 1. The molecule has 2 atom stereocenters. The number of halogens is 1. The summed E-state index contributed by atoms with van der Waals surface area (Å²) in [5, 5.41) is 0.648. The third-order valence-electron chi connectivity index (χ3n) is 3.36. The number of ether oxygens (including phenoxy) is 1. The van der Waals surface area contributed by atoms with Gasteiger partial charge < -0.3 is 14.9 Å². The largest absolute Gasteiger partial charge is 0.440 e. The van der Waals surface area contributed by atoms with E-state index in [4.69, 9.17) is 26.5 Å². The van der Waals surface area contributed by atoms with Crippen LogP contribution in [0.4, 0.5) is 0 Å². The number of rotatable bonds is 1. The van der Waals surface area contributed by atoms with Crippen molar-refractivity contribution in [1.29, 1.82) is 0 Å². The van der Waals surface area contributed by atoms with E-state index in [9.17, 15) is 0 Å². The van der Waals surface area contributed by atoms with Crippen LogP contribution in [0.15, 0.2) is 22.6 Å². The van der Waals surface area contributed by atoms with Crippen molar-refractivity contribution in [2.24, 2.45) is 5.73 Å². The first kappa shape index (κ1) is 11.0. The summed E-state index contributed by atoms with van der Waals surface area (Å²) >= 11 is 5.92. The molecule has 1 aromatic carbocycles. The Labute approximate surface area is 104 Å². The van der Waals surface area contributed by atoms with Crippen molar-refractivity contribution in [3.63, 3.8) is 0 Å². The van der Waals surface area contributed by atoms with Crippen molar-refractivity contribution in [3.05, 3.63) is 29.1 Å². The molecule has 90 valence electrons. The maximum atomic E-state index is 6.05. The van der Waals surface area contributed by atoms with Crippen LogP contribution in [-0.2, 0) is 10.2 Å². The highest BCUT2D eigenvalue weighted by molar-refractivity contribution is 6.31. The Hall–Kier alpha value is -1.10. The van der Waals surface area contributed by atoms with Crippen LogP contribution in [0.1, 0.15) is 12.8 Å². The lowest BCUT2D eigenvalue weighted by Gasteiger charge is -2.22. The number of hydrogen-bond acceptors (Lipinski definition) is 4. The Morgan fingerprint density at radius 1 is 1.53 bits per heavy atom. The summed E-state index contributed by atoms with van der Waals surface area (Å²) in [7, 11) is 0. The second-order valence-corrected chi connectivity index (χ2v) is 5.11. The number of benzene rings is 1. The second-order valence-electron chi connectivity index (χ2n) is 4.67. The fraction of sp³-hybridized carbons (Fsp3) is 0.417. The van der Waals surface area contributed by atoms with E-state index in [0.717, 1.165) is 11.1 Å². The molecule has 0 bridgehead atoms. The van der Waals surface area contributed by atoms with Gasteiger partial charge in [0.15, 0.2) is 5.58 Å². The average molecular weight is 253 g/mol. The van der Waals surface area contributed by atoms with E-state index in [2.05, 4.69) is 4.98 Å². The SMILES string of the molecule is CC1(c2nc3cc(Cl)ccc3o2)COCC1N. The van der Waals surface area contributed by atoms with Gasteiger partial charge in [-0.05, 0) is 25.1 Å². The van der Waals surface area contributed by atoms with Gasteiger partial charge in [0.05, 0.1) is 18.6 Å². The van der Waals surface area contributed by atoms with Gasteiger partial charge in [-0.3, -0.25) is 0 Å². The molecular formula is C12H13ClN2O2. The summed E-state index contributed by atoms with van der Waals surface area (Å²) in [5.41, 5.74) is 7.17. The minimum atomic E-state index is -0.356. The summed E-state index contributed by atoms with van der Waals surface area (Å²) in [6.07, 6.45) is 0. The van der Waals surface area contributed by atoms with Crippen LogP contribution in [-0.4, -0.2) is 24.2 Å². The molecule has 2 N–H and O–H groups in total. The highest BCUT2D eigenvalue weighted by atomic mass is 35.5. The predicted molar refractivity (Wildman–Crippen MR) is 65.2 cm³/mol. The number of nitrogens with zero attached hydrogens (tertiary/aromatic N) is 1. The fourth-order valence-electron chi connectivity index (χ4n) is 2.05. The lowest BCUT2D eigenvalue weighted by atomic mass is 9.86. The van der Waals surface area contributed by atoms with Crippen molar-refractivity contribution in [2.45, 2.75) is 18.4 Å². The molecule has 2 aromatic rings. The molecule has 1 aromatic heterocycles. The van der Waals surface area contributed by atoms with Crippen molar-refractivity contribution in [3.8, 4) is 0 Å².